The number of hydrogen-bond acceptors (Lipinski definition) is 5. The van der Waals surface area contributed by atoms with E-state index < -0.39 is 9.84 Å². The number of rotatable bonds is 4. The maximum Gasteiger partial charge on any atom is 0.201 e. The molecule has 0 radical (unpaired) electrons. The fourth-order valence-corrected chi connectivity index (χ4v) is 2.61. The highest BCUT2D eigenvalue weighted by molar-refractivity contribution is 7.91. The molecule has 0 saturated heterocycles. The molecule has 1 aromatic carbocycles. The van der Waals surface area contributed by atoms with E-state index in [0.29, 0.717) is 16.6 Å². The number of hydrogen-bond donors (Lipinski definition) is 1. The van der Waals surface area contributed by atoms with Crippen LogP contribution in [-0.2, 0) is 16.4 Å². The third-order valence-corrected chi connectivity index (χ3v) is 4.68. The molecule has 2 rings (SSSR count). The van der Waals surface area contributed by atoms with E-state index in [1.54, 1.807) is 29.7 Å². The Labute approximate surface area is 111 Å². The van der Waals surface area contributed by atoms with E-state index in [2.05, 4.69) is 4.98 Å². The normalized spacial score (nSPS) is 11.6. The highest BCUT2D eigenvalue weighted by Crippen LogP contribution is 2.21. The van der Waals surface area contributed by atoms with Crippen LogP contribution in [0.2, 0.25) is 0 Å². The Morgan fingerprint density at radius 2 is 2.21 bits per heavy atom. The molecule has 100 valence electrons. The summed E-state index contributed by atoms with van der Waals surface area (Å²) in [4.78, 5) is 4.13. The molecule has 0 amide bonds. The summed E-state index contributed by atoms with van der Waals surface area (Å²) < 4.78 is 24.7. The third-order valence-electron chi connectivity index (χ3n) is 2.99. The minimum absolute atomic E-state index is 0.00986. The summed E-state index contributed by atoms with van der Waals surface area (Å²) in [5.41, 5.74) is 7.42. The van der Waals surface area contributed by atoms with Crippen molar-refractivity contribution in [1.29, 1.82) is 5.26 Å². The van der Waals surface area contributed by atoms with E-state index in [1.807, 2.05) is 6.07 Å². The van der Waals surface area contributed by atoms with Gasteiger partial charge in [-0.2, -0.15) is 5.26 Å². The molecule has 7 heteroatoms. The van der Waals surface area contributed by atoms with Gasteiger partial charge in [0.2, 0.25) is 5.95 Å². The zero-order chi connectivity index (χ0) is 14.0. The number of sulfone groups is 1. The van der Waals surface area contributed by atoms with Crippen molar-refractivity contribution >= 4 is 26.8 Å². The predicted octanol–water partition coefficient (Wildman–Crippen LogP) is 0.925. The van der Waals surface area contributed by atoms with Crippen molar-refractivity contribution in [3.05, 3.63) is 23.8 Å². The van der Waals surface area contributed by atoms with Crippen molar-refractivity contribution < 1.29 is 8.42 Å². The summed E-state index contributed by atoms with van der Waals surface area (Å²) in [7, 11) is -3.07. The number of imidazole rings is 1. The quantitative estimate of drug-likeness (QED) is 0.896. The molecule has 1 aromatic heterocycles. The second-order valence-corrected chi connectivity index (χ2v) is 6.62. The van der Waals surface area contributed by atoms with Gasteiger partial charge in [-0.15, -0.1) is 0 Å². The Morgan fingerprint density at radius 3 is 2.84 bits per heavy atom. The van der Waals surface area contributed by atoms with Crippen LogP contribution < -0.4 is 5.73 Å². The Kier molecular flexibility index (Phi) is 3.44. The average Bonchev–Trinajstić information content (AvgIpc) is 2.72. The lowest BCUT2D eigenvalue weighted by molar-refractivity contribution is 0.591. The first-order chi connectivity index (χ1) is 8.98. The van der Waals surface area contributed by atoms with Gasteiger partial charge in [0, 0.05) is 12.3 Å². The number of nitriles is 1. The predicted molar refractivity (Wildman–Crippen MR) is 73.2 cm³/mol. The third kappa shape index (κ3) is 2.53. The topological polar surface area (TPSA) is 102 Å². The summed E-state index contributed by atoms with van der Waals surface area (Å²) in [6, 6.07) is 7.20. The molecule has 1 heterocycles. The smallest absolute Gasteiger partial charge is 0.201 e. The van der Waals surface area contributed by atoms with E-state index >= 15 is 0 Å². The number of anilines is 1. The lowest BCUT2D eigenvalue weighted by Crippen LogP contribution is -2.15. The van der Waals surface area contributed by atoms with E-state index in [-0.39, 0.29) is 24.0 Å². The molecule has 2 aromatic rings. The van der Waals surface area contributed by atoms with Crippen molar-refractivity contribution in [3.63, 3.8) is 0 Å². The lowest BCUT2D eigenvalue weighted by atomic mass is 10.2. The molecule has 0 unspecified atom stereocenters. The van der Waals surface area contributed by atoms with Crippen LogP contribution in [0.3, 0.4) is 0 Å². The van der Waals surface area contributed by atoms with Gasteiger partial charge in [-0.1, -0.05) is 13.0 Å². The summed E-state index contributed by atoms with van der Waals surface area (Å²) in [5.74, 6) is 0.336. The van der Waals surface area contributed by atoms with Gasteiger partial charge in [-0.05, 0) is 12.1 Å². The fourth-order valence-electron chi connectivity index (χ4n) is 1.86. The first kappa shape index (κ1) is 13.4. The second kappa shape index (κ2) is 4.90. The number of aryl methyl sites for hydroxylation is 1. The molecule has 0 aliphatic heterocycles. The Morgan fingerprint density at radius 1 is 1.47 bits per heavy atom. The van der Waals surface area contributed by atoms with Crippen LogP contribution in [0, 0.1) is 11.3 Å². The zero-order valence-electron chi connectivity index (χ0n) is 10.5. The first-order valence-corrected chi connectivity index (χ1v) is 7.66. The molecular weight excluding hydrogens is 264 g/mol. The van der Waals surface area contributed by atoms with Crippen molar-refractivity contribution in [1.82, 2.24) is 9.55 Å². The van der Waals surface area contributed by atoms with Crippen LogP contribution in [-0.4, -0.2) is 29.5 Å². The van der Waals surface area contributed by atoms with Gasteiger partial charge < -0.3 is 10.3 Å². The number of benzene rings is 1. The molecule has 0 atom stereocenters. The number of para-hydroxylation sites is 1. The van der Waals surface area contributed by atoms with E-state index in [4.69, 9.17) is 11.0 Å². The Bertz CT molecular complexity index is 756. The molecule has 2 N–H and O–H groups in total. The lowest BCUT2D eigenvalue weighted by Gasteiger charge is -2.06. The van der Waals surface area contributed by atoms with E-state index in [0.717, 1.165) is 0 Å². The summed E-state index contributed by atoms with van der Waals surface area (Å²) in [6.07, 6.45) is 0. The van der Waals surface area contributed by atoms with Crippen molar-refractivity contribution in [2.24, 2.45) is 0 Å². The largest absolute Gasteiger partial charge is 0.369 e. The number of aromatic nitrogens is 2. The second-order valence-electron chi connectivity index (χ2n) is 4.14. The monoisotopic (exact) mass is 278 g/mol. The number of nitrogens with zero attached hydrogens (tertiary/aromatic N) is 3. The molecule has 6 nitrogen and oxygen atoms in total. The Hall–Kier alpha value is -2.07. The van der Waals surface area contributed by atoms with Gasteiger partial charge >= 0.3 is 0 Å². The molecule has 0 saturated carbocycles. The number of nitrogens with two attached hydrogens (primary N) is 1. The summed E-state index contributed by atoms with van der Waals surface area (Å²) >= 11 is 0. The molecule has 0 bridgehead atoms. The van der Waals surface area contributed by atoms with E-state index in [1.165, 1.54) is 0 Å². The van der Waals surface area contributed by atoms with Gasteiger partial charge in [0.1, 0.15) is 11.6 Å². The van der Waals surface area contributed by atoms with Crippen molar-refractivity contribution in [2.75, 3.05) is 17.2 Å². The minimum atomic E-state index is -3.07. The highest BCUT2D eigenvalue weighted by atomic mass is 32.2. The standard InChI is InChI=1S/C12H14N4O2S/c1-2-19(17,18)7-6-16-10-5-3-4-9(8-13)11(10)15-12(16)14/h3-5H,2,6-7H2,1H3,(H2,14,15). The summed E-state index contributed by atoms with van der Waals surface area (Å²) in [5, 5.41) is 9.00. The van der Waals surface area contributed by atoms with Crippen LogP contribution in [0.4, 0.5) is 5.95 Å². The molecule has 0 aliphatic rings. The van der Waals surface area contributed by atoms with Gasteiger partial charge in [-0.25, -0.2) is 13.4 Å². The van der Waals surface area contributed by atoms with Gasteiger partial charge in [0.05, 0.1) is 16.8 Å². The summed E-state index contributed by atoms with van der Waals surface area (Å²) in [6.45, 7) is 1.85. The maximum absolute atomic E-state index is 11.5. The van der Waals surface area contributed by atoms with Crippen LogP contribution in [0.1, 0.15) is 12.5 Å². The molecule has 19 heavy (non-hydrogen) atoms. The average molecular weight is 278 g/mol. The van der Waals surface area contributed by atoms with Crippen LogP contribution in [0.25, 0.3) is 11.0 Å². The van der Waals surface area contributed by atoms with Gasteiger partial charge in [0.25, 0.3) is 0 Å². The first-order valence-electron chi connectivity index (χ1n) is 5.83. The molecule has 0 spiro atoms. The van der Waals surface area contributed by atoms with Crippen LogP contribution in [0.5, 0.6) is 0 Å². The molecular formula is C12H14N4O2S. The Balaban J connectivity index is 2.45. The number of fused-ring (bicyclic) bond motifs is 1. The zero-order valence-corrected chi connectivity index (χ0v) is 11.3. The van der Waals surface area contributed by atoms with Gasteiger partial charge in [-0.3, -0.25) is 0 Å². The fraction of sp³-hybridized carbons (Fsp3) is 0.333. The van der Waals surface area contributed by atoms with Crippen molar-refractivity contribution in [3.8, 4) is 6.07 Å². The number of nitrogen functional groups attached to an aromatic ring is 1. The van der Waals surface area contributed by atoms with Gasteiger partial charge in [0.15, 0.2) is 9.84 Å². The van der Waals surface area contributed by atoms with E-state index in [9.17, 15) is 8.42 Å². The SMILES string of the molecule is CCS(=O)(=O)CCn1c(N)nc2c(C#N)cccc21. The van der Waals surface area contributed by atoms with Crippen LogP contribution >= 0.6 is 0 Å². The van der Waals surface area contributed by atoms with Crippen molar-refractivity contribution in [2.45, 2.75) is 13.5 Å². The molecule has 0 aliphatic carbocycles. The maximum atomic E-state index is 11.5. The highest BCUT2D eigenvalue weighted by Gasteiger charge is 2.14. The molecule has 0 fully saturated rings. The minimum Gasteiger partial charge on any atom is -0.369 e. The van der Waals surface area contributed by atoms with Crippen LogP contribution in [0.15, 0.2) is 18.2 Å².